The Kier molecular flexibility index (Phi) is 4.18. The zero-order valence-electron chi connectivity index (χ0n) is 6.79. The topological polar surface area (TPSA) is 46.5 Å². The van der Waals surface area contributed by atoms with Crippen molar-refractivity contribution in [1.29, 1.82) is 0 Å². The van der Waals surface area contributed by atoms with Gasteiger partial charge in [-0.1, -0.05) is 11.6 Å². The van der Waals surface area contributed by atoms with Crippen LogP contribution in [0, 0.1) is 0 Å². The Bertz CT molecular complexity index is 474. The van der Waals surface area contributed by atoms with Crippen LogP contribution in [0.5, 0.6) is 0 Å². The second kappa shape index (κ2) is 4.97. The molecule has 1 rings (SSSR count). The summed E-state index contributed by atoms with van der Waals surface area (Å²) in [5.74, 6) is 0. The third-order valence-electron chi connectivity index (χ3n) is 1.30. The maximum Gasteiger partial charge on any atom is 0.292 e. The minimum absolute atomic E-state index is 0.115. The molecule has 0 aliphatic heterocycles. The number of hydrogen-bond donors (Lipinski definition) is 1. The summed E-state index contributed by atoms with van der Waals surface area (Å²) in [5, 5.41) is 0.484. The lowest BCUT2D eigenvalue weighted by molar-refractivity contribution is 0.598. The third kappa shape index (κ3) is 3.13. The standard InChI is InChI=1S/C7H6ClNO2S3/c8-6-1-3-7(4-2-6)14(10,11)9-13-5-12/h1-5,12H. The first-order chi connectivity index (χ1) is 6.56. The van der Waals surface area contributed by atoms with Crippen molar-refractivity contribution in [3.8, 4) is 0 Å². The van der Waals surface area contributed by atoms with Crippen LogP contribution in [0.3, 0.4) is 0 Å². The maximum absolute atomic E-state index is 11.4. The molecule has 1 aromatic rings. The number of nitrogens with zero attached hydrogens (tertiary/aromatic N) is 1. The molecule has 7 heteroatoms. The first kappa shape index (κ1) is 11.8. The van der Waals surface area contributed by atoms with Gasteiger partial charge in [-0.3, -0.25) is 0 Å². The third-order valence-corrected chi connectivity index (χ3v) is 3.93. The summed E-state index contributed by atoms with van der Waals surface area (Å²) in [7, 11) is -3.59. The summed E-state index contributed by atoms with van der Waals surface area (Å²) in [6, 6.07) is 5.80. The molecule has 0 N–H and O–H groups in total. The molecular formula is C7H6ClNO2S3. The first-order valence-electron chi connectivity index (χ1n) is 3.41. The van der Waals surface area contributed by atoms with Crippen LogP contribution in [0.1, 0.15) is 0 Å². The van der Waals surface area contributed by atoms with Crippen LogP contribution in [-0.2, 0) is 21.2 Å². The molecule has 3 nitrogen and oxygen atoms in total. The Morgan fingerprint density at radius 2 is 1.93 bits per heavy atom. The average molecular weight is 268 g/mol. The van der Waals surface area contributed by atoms with Crippen molar-refractivity contribution >= 4 is 50.1 Å². The number of halogens is 1. The Hall–Kier alpha value is -0.300. The molecule has 0 bridgehead atoms. The summed E-state index contributed by atoms with van der Waals surface area (Å²) >= 11 is 10.1. The second-order valence-corrected chi connectivity index (χ2v) is 5.72. The minimum Gasteiger partial charge on any atom is -0.198 e. The summed E-state index contributed by atoms with van der Waals surface area (Å²) < 4.78 is 27.5. The fourth-order valence-electron chi connectivity index (χ4n) is 0.725. The van der Waals surface area contributed by atoms with Crippen LogP contribution in [0.25, 0.3) is 0 Å². The predicted molar refractivity (Wildman–Crippen MR) is 63.5 cm³/mol. The molecule has 0 aliphatic rings. The molecule has 0 saturated heterocycles. The van der Waals surface area contributed by atoms with Crippen LogP contribution in [0.2, 0.25) is 5.02 Å². The molecule has 0 aliphatic carbocycles. The fourth-order valence-corrected chi connectivity index (χ4v) is 2.63. The molecule has 0 atom stereocenters. The van der Waals surface area contributed by atoms with Gasteiger partial charge in [-0.05, 0) is 35.4 Å². The normalized spacial score (nSPS) is 10.7. The highest BCUT2D eigenvalue weighted by molar-refractivity contribution is 8.07. The van der Waals surface area contributed by atoms with Crippen molar-refractivity contribution in [1.82, 2.24) is 0 Å². The van der Waals surface area contributed by atoms with Crippen molar-refractivity contribution in [3.63, 3.8) is 0 Å². The van der Waals surface area contributed by atoms with Crippen LogP contribution >= 0.6 is 24.2 Å². The predicted octanol–water partition coefficient (Wildman–Crippen LogP) is 1.98. The highest BCUT2D eigenvalue weighted by Crippen LogP contribution is 2.15. The number of rotatable bonds is 2. The van der Waals surface area contributed by atoms with Gasteiger partial charge < -0.3 is 0 Å². The molecular weight excluding hydrogens is 262 g/mol. The van der Waals surface area contributed by atoms with E-state index in [9.17, 15) is 8.42 Å². The summed E-state index contributed by atoms with van der Waals surface area (Å²) in [5.41, 5.74) is 0. The van der Waals surface area contributed by atoms with E-state index >= 15 is 0 Å². The zero-order chi connectivity index (χ0) is 10.6. The minimum atomic E-state index is -3.59. The van der Waals surface area contributed by atoms with Crippen molar-refractivity contribution < 1.29 is 8.42 Å². The maximum atomic E-state index is 11.4. The van der Waals surface area contributed by atoms with E-state index in [2.05, 4.69) is 16.4 Å². The van der Waals surface area contributed by atoms with Crippen LogP contribution < -0.4 is 0 Å². The second-order valence-electron chi connectivity index (χ2n) is 2.21. The smallest absolute Gasteiger partial charge is 0.198 e. The van der Waals surface area contributed by atoms with Crippen LogP contribution in [0.15, 0.2) is 32.9 Å². The van der Waals surface area contributed by atoms with Gasteiger partial charge in [0.15, 0.2) is 0 Å². The SMILES string of the molecule is O=S(=O)(N=S=CS)c1ccc(Cl)cc1. The molecule has 1 aromatic carbocycles. The molecule has 0 saturated carbocycles. The van der Waals surface area contributed by atoms with Crippen molar-refractivity contribution in [2.24, 2.45) is 3.77 Å². The van der Waals surface area contributed by atoms with Gasteiger partial charge in [0.2, 0.25) is 0 Å². The van der Waals surface area contributed by atoms with Crippen molar-refractivity contribution in [2.45, 2.75) is 4.90 Å². The van der Waals surface area contributed by atoms with Gasteiger partial charge in [0.25, 0.3) is 10.0 Å². The van der Waals surface area contributed by atoms with Crippen molar-refractivity contribution in [3.05, 3.63) is 29.3 Å². The Balaban J connectivity index is 3.18. The van der Waals surface area contributed by atoms with E-state index in [1.165, 1.54) is 29.0 Å². The lowest BCUT2D eigenvalue weighted by Crippen LogP contribution is -1.94. The van der Waals surface area contributed by atoms with E-state index in [0.29, 0.717) is 5.02 Å². The molecule has 0 heterocycles. The lowest BCUT2D eigenvalue weighted by atomic mass is 10.4. The molecule has 0 radical (unpaired) electrons. The lowest BCUT2D eigenvalue weighted by Gasteiger charge is -1.95. The molecule has 0 aromatic heterocycles. The summed E-state index contributed by atoms with van der Waals surface area (Å²) in [6.07, 6.45) is 0. The first-order valence-corrected chi connectivity index (χ1v) is 6.58. The number of benzene rings is 1. The number of hydrogen-bond acceptors (Lipinski definition) is 2. The van der Waals surface area contributed by atoms with Gasteiger partial charge in [-0.15, -0.1) is 16.4 Å². The zero-order valence-corrected chi connectivity index (χ0v) is 10.1. The van der Waals surface area contributed by atoms with Crippen LogP contribution in [0.4, 0.5) is 0 Å². The molecule has 76 valence electrons. The van der Waals surface area contributed by atoms with Gasteiger partial charge >= 0.3 is 0 Å². The Morgan fingerprint density at radius 3 is 2.43 bits per heavy atom. The van der Waals surface area contributed by atoms with Crippen LogP contribution in [-0.4, -0.2) is 13.1 Å². The van der Waals surface area contributed by atoms with E-state index in [4.69, 9.17) is 11.6 Å². The molecule has 0 spiro atoms. The fraction of sp³-hybridized carbons (Fsp3) is 0. The Morgan fingerprint density at radius 1 is 1.36 bits per heavy atom. The average Bonchev–Trinajstić information content (AvgIpc) is 2.16. The van der Waals surface area contributed by atoms with Gasteiger partial charge in [-0.25, -0.2) is 0 Å². The monoisotopic (exact) mass is 267 g/mol. The molecule has 0 amide bonds. The van der Waals surface area contributed by atoms with E-state index in [0.717, 1.165) is 11.1 Å². The number of thiol groups is 1. The van der Waals surface area contributed by atoms with Gasteiger partial charge in [0.1, 0.15) is 0 Å². The van der Waals surface area contributed by atoms with Gasteiger partial charge in [-0.2, -0.15) is 8.42 Å². The molecule has 0 fully saturated rings. The van der Waals surface area contributed by atoms with E-state index in [1.54, 1.807) is 0 Å². The number of sulfonamides is 1. The van der Waals surface area contributed by atoms with Gasteiger partial charge in [0.05, 0.1) is 4.90 Å². The summed E-state index contributed by atoms with van der Waals surface area (Å²) in [4.78, 5) is 0.115. The van der Waals surface area contributed by atoms with Gasteiger partial charge in [0, 0.05) is 9.72 Å². The highest BCUT2D eigenvalue weighted by Gasteiger charge is 2.10. The summed E-state index contributed by atoms with van der Waals surface area (Å²) in [6.45, 7) is 0. The van der Waals surface area contributed by atoms with Crippen molar-refractivity contribution in [2.75, 3.05) is 0 Å². The van der Waals surface area contributed by atoms with E-state index in [1.807, 2.05) is 0 Å². The molecule has 14 heavy (non-hydrogen) atoms. The van der Waals surface area contributed by atoms with E-state index < -0.39 is 10.0 Å². The Labute approximate surface area is 96.3 Å². The largest absolute Gasteiger partial charge is 0.292 e. The highest BCUT2D eigenvalue weighted by atomic mass is 35.5. The van der Waals surface area contributed by atoms with E-state index in [-0.39, 0.29) is 4.90 Å². The quantitative estimate of drug-likeness (QED) is 0.658. The molecule has 0 unspecified atom stereocenters.